The van der Waals surface area contributed by atoms with Gasteiger partial charge in [-0.2, -0.15) is 11.8 Å². The first-order valence-electron chi connectivity index (χ1n) is 4.91. The first-order chi connectivity index (χ1) is 6.84. The van der Waals surface area contributed by atoms with E-state index in [-0.39, 0.29) is 0 Å². The van der Waals surface area contributed by atoms with Crippen LogP contribution in [0.2, 0.25) is 0 Å². The Kier molecular flexibility index (Phi) is 3.14. The van der Waals surface area contributed by atoms with Crippen molar-refractivity contribution >= 4 is 23.4 Å². The lowest BCUT2D eigenvalue weighted by atomic mass is 10.2. The van der Waals surface area contributed by atoms with Gasteiger partial charge >= 0.3 is 0 Å². The van der Waals surface area contributed by atoms with Crippen molar-refractivity contribution in [2.45, 2.75) is 18.9 Å². The Morgan fingerprint density at radius 2 is 2.43 bits per heavy atom. The number of hydrogen-bond acceptors (Lipinski definition) is 4. The van der Waals surface area contributed by atoms with Gasteiger partial charge in [0.05, 0.1) is 0 Å². The second kappa shape index (κ2) is 4.55. The molecule has 0 radical (unpaired) electrons. The first kappa shape index (κ1) is 9.65. The minimum atomic E-state index is 0.558. The molecular weight excluding hydrogens is 194 g/mol. The zero-order valence-electron chi connectivity index (χ0n) is 8.07. The molecular formula is C10H15N3S. The van der Waals surface area contributed by atoms with E-state index in [1.807, 2.05) is 23.9 Å². The van der Waals surface area contributed by atoms with Crippen LogP contribution in [-0.4, -0.2) is 22.5 Å². The highest BCUT2D eigenvalue weighted by Crippen LogP contribution is 2.20. The Bertz CT molecular complexity index is 297. The standard InChI is InChI=1S/C10H15N3S/c11-9-4-1-5-10(13-9)12-8-3-2-6-14-7-8/h1,4-5,8H,2-3,6-7H2,(H3,11,12,13). The number of pyridine rings is 1. The average molecular weight is 209 g/mol. The summed E-state index contributed by atoms with van der Waals surface area (Å²) in [4.78, 5) is 4.22. The Morgan fingerprint density at radius 1 is 1.50 bits per heavy atom. The van der Waals surface area contributed by atoms with Gasteiger partial charge in [0.25, 0.3) is 0 Å². The van der Waals surface area contributed by atoms with E-state index in [0.29, 0.717) is 11.9 Å². The summed E-state index contributed by atoms with van der Waals surface area (Å²) in [5, 5.41) is 3.41. The summed E-state index contributed by atoms with van der Waals surface area (Å²) in [6, 6.07) is 6.26. The van der Waals surface area contributed by atoms with Gasteiger partial charge in [-0.1, -0.05) is 6.07 Å². The Balaban J connectivity index is 1.95. The van der Waals surface area contributed by atoms with Crippen molar-refractivity contribution in [2.75, 3.05) is 22.6 Å². The van der Waals surface area contributed by atoms with E-state index in [1.165, 1.54) is 24.3 Å². The van der Waals surface area contributed by atoms with E-state index in [1.54, 1.807) is 6.07 Å². The largest absolute Gasteiger partial charge is 0.384 e. The highest BCUT2D eigenvalue weighted by Gasteiger charge is 2.13. The van der Waals surface area contributed by atoms with Gasteiger partial charge in [-0.15, -0.1) is 0 Å². The molecule has 1 atom stereocenters. The summed E-state index contributed by atoms with van der Waals surface area (Å²) in [6.45, 7) is 0. The molecule has 1 unspecified atom stereocenters. The first-order valence-corrected chi connectivity index (χ1v) is 6.07. The minimum Gasteiger partial charge on any atom is -0.384 e. The van der Waals surface area contributed by atoms with Crippen molar-refractivity contribution in [3.8, 4) is 0 Å². The minimum absolute atomic E-state index is 0.558. The number of anilines is 2. The van der Waals surface area contributed by atoms with Gasteiger partial charge in [0.2, 0.25) is 0 Å². The molecule has 4 heteroatoms. The topological polar surface area (TPSA) is 50.9 Å². The lowest BCUT2D eigenvalue weighted by Crippen LogP contribution is -2.26. The van der Waals surface area contributed by atoms with Crippen molar-refractivity contribution in [1.29, 1.82) is 0 Å². The van der Waals surface area contributed by atoms with E-state index < -0.39 is 0 Å². The molecule has 0 bridgehead atoms. The predicted molar refractivity (Wildman–Crippen MR) is 62.6 cm³/mol. The third-order valence-electron chi connectivity index (χ3n) is 2.28. The molecule has 3 nitrogen and oxygen atoms in total. The summed E-state index contributed by atoms with van der Waals surface area (Å²) >= 11 is 2.00. The van der Waals surface area contributed by atoms with Crippen LogP contribution in [0.15, 0.2) is 18.2 Å². The van der Waals surface area contributed by atoms with Crippen LogP contribution in [-0.2, 0) is 0 Å². The maximum atomic E-state index is 5.61. The van der Waals surface area contributed by atoms with E-state index in [2.05, 4.69) is 10.3 Å². The molecule has 1 fully saturated rings. The number of hydrogen-bond donors (Lipinski definition) is 2. The van der Waals surface area contributed by atoms with Gasteiger partial charge in [-0.25, -0.2) is 4.98 Å². The quantitative estimate of drug-likeness (QED) is 0.782. The number of rotatable bonds is 2. The zero-order chi connectivity index (χ0) is 9.80. The molecule has 2 rings (SSSR count). The number of nitrogens with two attached hydrogens (primary N) is 1. The van der Waals surface area contributed by atoms with Gasteiger partial charge in [0.1, 0.15) is 11.6 Å². The van der Waals surface area contributed by atoms with Crippen LogP contribution in [0.1, 0.15) is 12.8 Å². The predicted octanol–water partition coefficient (Wildman–Crippen LogP) is 1.97. The Labute approximate surface area is 88.5 Å². The maximum absolute atomic E-state index is 5.61. The van der Waals surface area contributed by atoms with Crippen molar-refractivity contribution < 1.29 is 0 Å². The Hall–Kier alpha value is -0.900. The fraction of sp³-hybridized carbons (Fsp3) is 0.500. The molecule has 1 aromatic rings. The number of aromatic nitrogens is 1. The van der Waals surface area contributed by atoms with Gasteiger partial charge in [0, 0.05) is 11.8 Å². The van der Waals surface area contributed by atoms with Crippen molar-refractivity contribution in [3.05, 3.63) is 18.2 Å². The second-order valence-corrected chi connectivity index (χ2v) is 4.66. The molecule has 0 aromatic carbocycles. The van der Waals surface area contributed by atoms with Crippen LogP contribution in [0.25, 0.3) is 0 Å². The second-order valence-electron chi connectivity index (χ2n) is 3.51. The summed E-state index contributed by atoms with van der Waals surface area (Å²) in [6.07, 6.45) is 2.54. The molecule has 0 spiro atoms. The maximum Gasteiger partial charge on any atom is 0.128 e. The van der Waals surface area contributed by atoms with Gasteiger partial charge < -0.3 is 11.1 Å². The van der Waals surface area contributed by atoms with Crippen molar-refractivity contribution in [1.82, 2.24) is 4.98 Å². The van der Waals surface area contributed by atoms with Crippen LogP contribution in [0, 0.1) is 0 Å². The molecule has 1 aliphatic heterocycles. The molecule has 0 amide bonds. The summed E-state index contributed by atoms with van der Waals surface area (Å²) in [5.41, 5.74) is 5.61. The van der Waals surface area contributed by atoms with Crippen LogP contribution in [0.4, 0.5) is 11.6 Å². The van der Waals surface area contributed by atoms with Crippen molar-refractivity contribution in [3.63, 3.8) is 0 Å². The molecule has 0 aliphatic carbocycles. The van der Waals surface area contributed by atoms with E-state index in [4.69, 9.17) is 5.73 Å². The number of nitrogen functional groups attached to an aromatic ring is 1. The van der Waals surface area contributed by atoms with Crippen molar-refractivity contribution in [2.24, 2.45) is 0 Å². The molecule has 0 saturated carbocycles. The third-order valence-corrected chi connectivity index (χ3v) is 3.50. The van der Waals surface area contributed by atoms with E-state index in [0.717, 1.165) is 5.82 Å². The van der Waals surface area contributed by atoms with E-state index >= 15 is 0 Å². The lowest BCUT2D eigenvalue weighted by Gasteiger charge is -2.22. The molecule has 2 heterocycles. The van der Waals surface area contributed by atoms with E-state index in [9.17, 15) is 0 Å². The van der Waals surface area contributed by atoms with Crippen LogP contribution in [0.3, 0.4) is 0 Å². The average Bonchev–Trinajstić information content (AvgIpc) is 2.19. The number of nitrogens with one attached hydrogen (secondary N) is 1. The fourth-order valence-corrected chi connectivity index (χ4v) is 2.67. The van der Waals surface area contributed by atoms with Gasteiger partial charge in [0.15, 0.2) is 0 Å². The lowest BCUT2D eigenvalue weighted by molar-refractivity contribution is 0.682. The van der Waals surface area contributed by atoms with Crippen LogP contribution < -0.4 is 11.1 Å². The Morgan fingerprint density at radius 3 is 3.14 bits per heavy atom. The highest BCUT2D eigenvalue weighted by molar-refractivity contribution is 7.99. The van der Waals surface area contributed by atoms with Gasteiger partial charge in [-0.3, -0.25) is 0 Å². The molecule has 3 N–H and O–H groups in total. The summed E-state index contributed by atoms with van der Waals surface area (Å²) < 4.78 is 0. The van der Waals surface area contributed by atoms with Crippen LogP contribution >= 0.6 is 11.8 Å². The molecule has 1 aliphatic rings. The van der Waals surface area contributed by atoms with Crippen LogP contribution in [0.5, 0.6) is 0 Å². The number of thioether (sulfide) groups is 1. The highest BCUT2D eigenvalue weighted by atomic mass is 32.2. The molecule has 14 heavy (non-hydrogen) atoms. The molecule has 76 valence electrons. The van der Waals surface area contributed by atoms with Gasteiger partial charge in [-0.05, 0) is 30.7 Å². The SMILES string of the molecule is Nc1cccc(NC2CCCSC2)n1. The summed E-state index contributed by atoms with van der Waals surface area (Å²) in [5.74, 6) is 3.95. The zero-order valence-corrected chi connectivity index (χ0v) is 8.89. The normalized spacial score (nSPS) is 21.9. The fourth-order valence-electron chi connectivity index (χ4n) is 1.60. The third kappa shape index (κ3) is 2.54. The molecule has 1 aromatic heterocycles. The smallest absolute Gasteiger partial charge is 0.128 e. The summed E-state index contributed by atoms with van der Waals surface area (Å²) in [7, 11) is 0. The number of nitrogens with zero attached hydrogens (tertiary/aromatic N) is 1. The monoisotopic (exact) mass is 209 g/mol. The molecule has 1 saturated heterocycles.